The van der Waals surface area contributed by atoms with Gasteiger partial charge in [0.25, 0.3) is 5.56 Å². The van der Waals surface area contributed by atoms with Crippen molar-refractivity contribution < 1.29 is 10.2 Å². The number of hydrogen-bond donors (Lipinski definition) is 2. The van der Waals surface area contributed by atoms with Crippen LogP contribution in [-0.4, -0.2) is 37.6 Å². The minimum absolute atomic E-state index is 0.132. The lowest BCUT2D eigenvalue weighted by atomic mass is 9.95. The van der Waals surface area contributed by atoms with Crippen LogP contribution in [0.1, 0.15) is 45.2 Å². The summed E-state index contributed by atoms with van der Waals surface area (Å²) in [6.45, 7) is 5.37. The smallest absolute Gasteiger partial charge is 0.261 e. The minimum Gasteiger partial charge on any atom is -0.396 e. The molecule has 0 aliphatic heterocycles. The first-order valence-electron chi connectivity index (χ1n) is 11.1. The van der Waals surface area contributed by atoms with Crippen LogP contribution in [0.25, 0.3) is 21.7 Å². The van der Waals surface area contributed by atoms with E-state index < -0.39 is 12.1 Å². The van der Waals surface area contributed by atoms with Gasteiger partial charge < -0.3 is 10.2 Å². The highest BCUT2D eigenvalue weighted by Gasteiger charge is 2.22. The Morgan fingerprint density at radius 1 is 1.27 bits per heavy atom. The predicted molar refractivity (Wildman–Crippen MR) is 136 cm³/mol. The first kappa shape index (κ1) is 24.8. The Hall–Kier alpha value is -2.80. The zero-order valence-corrected chi connectivity index (χ0v) is 20.0. The summed E-state index contributed by atoms with van der Waals surface area (Å²) in [5, 5.41) is 22.8. The highest BCUT2D eigenvalue weighted by atomic mass is 35.5. The summed E-state index contributed by atoms with van der Waals surface area (Å²) >= 11 is 5.92. The minimum atomic E-state index is -0.755. The number of aliphatic imine (C=N–C) groups is 1. The molecule has 0 spiro atoms. The molecule has 2 aromatic carbocycles. The fraction of sp³-hybridized carbons (Fsp3) is 0.346. The maximum absolute atomic E-state index is 13.5. The summed E-state index contributed by atoms with van der Waals surface area (Å²) < 4.78 is 1.45. The monoisotopic (exact) mass is 467 g/mol. The van der Waals surface area contributed by atoms with Gasteiger partial charge in [-0.15, -0.1) is 0 Å². The summed E-state index contributed by atoms with van der Waals surface area (Å²) in [6.07, 6.45) is 7.67. The highest BCUT2D eigenvalue weighted by molar-refractivity contribution is 6.64. The van der Waals surface area contributed by atoms with Crippen molar-refractivity contribution in [3.05, 3.63) is 76.5 Å². The van der Waals surface area contributed by atoms with Crippen LogP contribution in [-0.2, 0) is 6.42 Å². The number of benzene rings is 2. The number of nitrogens with zero attached hydrogens (tertiary/aromatic N) is 3. The largest absolute Gasteiger partial charge is 0.396 e. The molecule has 0 saturated carbocycles. The molecule has 3 aromatic rings. The molecule has 1 aromatic heterocycles. The van der Waals surface area contributed by atoms with Crippen LogP contribution < -0.4 is 5.56 Å². The second kappa shape index (κ2) is 11.4. The maximum atomic E-state index is 13.5. The molecule has 0 saturated heterocycles. The molecule has 0 aliphatic rings. The Bertz CT molecular complexity index is 1270. The lowest BCUT2D eigenvalue weighted by Crippen LogP contribution is -2.33. The summed E-state index contributed by atoms with van der Waals surface area (Å²) in [7, 11) is 0. The molecule has 2 unspecified atom stereocenters. The van der Waals surface area contributed by atoms with Gasteiger partial charge in [0.05, 0.1) is 29.4 Å². The molecule has 6 nitrogen and oxygen atoms in total. The number of aliphatic hydroxyl groups excluding tert-OH is 2. The van der Waals surface area contributed by atoms with Gasteiger partial charge in [-0.05, 0) is 55.7 Å². The van der Waals surface area contributed by atoms with Gasteiger partial charge >= 0.3 is 0 Å². The van der Waals surface area contributed by atoms with Crippen LogP contribution in [0.2, 0.25) is 0 Å². The first-order valence-corrected chi connectivity index (χ1v) is 11.5. The zero-order chi connectivity index (χ0) is 24.0. The van der Waals surface area contributed by atoms with Crippen molar-refractivity contribution >= 4 is 38.4 Å². The molecule has 174 valence electrons. The summed E-state index contributed by atoms with van der Waals surface area (Å²) in [5.74, 6) is 0. The number of aliphatic hydroxyl groups is 2. The fourth-order valence-corrected chi connectivity index (χ4v) is 4.15. The Kier molecular flexibility index (Phi) is 8.55. The SMILES string of the molecule is C/C=C\C(=C/N=C(C)Cl)Cc1cc2c(=O)n(C(CCO)C(O)CC)cnc2c2ccccc12. The zero-order valence-electron chi connectivity index (χ0n) is 19.2. The lowest BCUT2D eigenvalue weighted by Gasteiger charge is -2.24. The second-order valence-electron chi connectivity index (χ2n) is 8.00. The molecule has 0 bridgehead atoms. The summed E-state index contributed by atoms with van der Waals surface area (Å²) in [6, 6.07) is 9.22. The van der Waals surface area contributed by atoms with E-state index in [1.807, 2.05) is 56.3 Å². The number of aromatic nitrogens is 2. The van der Waals surface area contributed by atoms with Gasteiger partial charge in [-0.1, -0.05) is 54.9 Å². The Morgan fingerprint density at radius 3 is 2.64 bits per heavy atom. The molecule has 0 fully saturated rings. The van der Waals surface area contributed by atoms with Crippen molar-refractivity contribution in [1.29, 1.82) is 0 Å². The number of allylic oxidation sites excluding steroid dienone is 3. The van der Waals surface area contributed by atoms with Crippen molar-refractivity contribution in [3.63, 3.8) is 0 Å². The second-order valence-corrected chi connectivity index (χ2v) is 8.54. The molecule has 2 N–H and O–H groups in total. The number of fused-ring (bicyclic) bond motifs is 3. The molecular formula is C26H30ClN3O3. The number of rotatable bonds is 9. The van der Waals surface area contributed by atoms with E-state index in [0.29, 0.717) is 28.9 Å². The third kappa shape index (κ3) is 5.58. The molecular weight excluding hydrogens is 438 g/mol. The van der Waals surface area contributed by atoms with Crippen molar-refractivity contribution in [3.8, 4) is 0 Å². The van der Waals surface area contributed by atoms with Crippen molar-refractivity contribution in [2.45, 2.75) is 52.2 Å². The van der Waals surface area contributed by atoms with Crippen molar-refractivity contribution in [1.82, 2.24) is 9.55 Å². The van der Waals surface area contributed by atoms with Crippen LogP contribution in [0.15, 0.2) is 70.4 Å². The highest BCUT2D eigenvalue weighted by Crippen LogP contribution is 2.28. The van der Waals surface area contributed by atoms with Crippen LogP contribution in [0, 0.1) is 0 Å². The van der Waals surface area contributed by atoms with E-state index >= 15 is 0 Å². The predicted octanol–water partition coefficient (Wildman–Crippen LogP) is 4.90. The average Bonchev–Trinajstić information content (AvgIpc) is 2.81. The van der Waals surface area contributed by atoms with E-state index in [2.05, 4.69) is 9.98 Å². The summed E-state index contributed by atoms with van der Waals surface area (Å²) in [5.41, 5.74) is 2.31. The standard InChI is InChI=1S/C26H30ClN3O3/c1-4-8-18(15-28-17(3)27)13-19-14-22-25(21-10-7-6-9-20(19)21)29-16-30(26(22)33)23(11-12-31)24(32)5-2/h4,6-10,14-16,23-24,31-32H,5,11-13H2,1-3H3/b8-4-,18-15+,28-17?. The fourth-order valence-electron chi connectivity index (χ4n) is 4.11. The van der Waals surface area contributed by atoms with E-state index in [0.717, 1.165) is 21.9 Å². The van der Waals surface area contributed by atoms with Gasteiger partial charge in [0.2, 0.25) is 0 Å². The van der Waals surface area contributed by atoms with E-state index in [-0.39, 0.29) is 18.6 Å². The Labute approximate surface area is 198 Å². The van der Waals surface area contributed by atoms with E-state index in [9.17, 15) is 15.0 Å². The number of hydrogen-bond acceptors (Lipinski definition) is 5. The van der Waals surface area contributed by atoms with Crippen molar-refractivity contribution in [2.75, 3.05) is 6.61 Å². The van der Waals surface area contributed by atoms with Gasteiger partial charge in [-0.25, -0.2) is 9.98 Å². The molecule has 0 radical (unpaired) electrons. The number of halogens is 1. The van der Waals surface area contributed by atoms with E-state index in [4.69, 9.17) is 11.6 Å². The Morgan fingerprint density at radius 2 is 2.00 bits per heavy atom. The lowest BCUT2D eigenvalue weighted by molar-refractivity contribution is 0.0890. The molecule has 0 aliphatic carbocycles. The molecule has 7 heteroatoms. The van der Waals surface area contributed by atoms with Crippen LogP contribution in [0.4, 0.5) is 0 Å². The van der Waals surface area contributed by atoms with Gasteiger partial charge in [0, 0.05) is 18.2 Å². The normalized spacial score (nSPS) is 15.0. The first-order chi connectivity index (χ1) is 15.9. The van der Waals surface area contributed by atoms with Gasteiger partial charge in [0.15, 0.2) is 0 Å². The van der Waals surface area contributed by atoms with Gasteiger partial charge in [-0.2, -0.15) is 0 Å². The molecule has 2 atom stereocenters. The topological polar surface area (TPSA) is 87.7 Å². The Balaban J connectivity index is 2.26. The molecule has 3 rings (SSSR count). The maximum Gasteiger partial charge on any atom is 0.261 e. The third-order valence-corrected chi connectivity index (χ3v) is 5.80. The van der Waals surface area contributed by atoms with E-state index in [1.165, 1.54) is 10.9 Å². The van der Waals surface area contributed by atoms with Crippen LogP contribution >= 0.6 is 11.6 Å². The molecule has 0 amide bonds. The quantitative estimate of drug-likeness (QED) is 0.266. The van der Waals surface area contributed by atoms with Crippen molar-refractivity contribution in [2.24, 2.45) is 4.99 Å². The summed E-state index contributed by atoms with van der Waals surface area (Å²) in [4.78, 5) is 22.4. The van der Waals surface area contributed by atoms with Gasteiger partial charge in [-0.3, -0.25) is 9.36 Å². The third-order valence-electron chi connectivity index (χ3n) is 5.71. The van der Waals surface area contributed by atoms with Crippen LogP contribution in [0.5, 0.6) is 0 Å². The van der Waals surface area contributed by atoms with Gasteiger partial charge in [0.1, 0.15) is 5.17 Å². The molecule has 1 heterocycles. The molecule has 33 heavy (non-hydrogen) atoms. The average molecular weight is 468 g/mol. The van der Waals surface area contributed by atoms with E-state index in [1.54, 1.807) is 13.1 Å². The van der Waals surface area contributed by atoms with Crippen LogP contribution in [0.3, 0.4) is 0 Å².